The molecule has 0 aliphatic carbocycles. The molecule has 0 aliphatic rings. The summed E-state index contributed by atoms with van der Waals surface area (Å²) in [6.45, 7) is 1.39. The lowest BCUT2D eigenvalue weighted by Crippen LogP contribution is -2.13. The summed E-state index contributed by atoms with van der Waals surface area (Å²) in [5, 5.41) is 8.66. The molecule has 0 saturated carbocycles. The van der Waals surface area contributed by atoms with E-state index in [-0.39, 0.29) is 11.8 Å². The van der Waals surface area contributed by atoms with Crippen LogP contribution in [0.3, 0.4) is 0 Å². The normalized spacial score (nSPS) is 10.0. The number of amides is 2. The minimum Gasteiger partial charge on any atom is -0.356 e. The topological polar surface area (TPSA) is 83.1 Å². The smallest absolute Gasteiger partial charge is 0.255 e. The number of carbonyl (C=O) groups is 2. The van der Waals surface area contributed by atoms with Gasteiger partial charge in [-0.2, -0.15) is 0 Å². The van der Waals surface area contributed by atoms with E-state index in [0.29, 0.717) is 17.1 Å². The van der Waals surface area contributed by atoms with Gasteiger partial charge in [-0.3, -0.25) is 9.59 Å². The van der Waals surface area contributed by atoms with Crippen molar-refractivity contribution in [3.63, 3.8) is 0 Å². The third kappa shape index (κ3) is 4.67. The number of anilines is 4. The zero-order valence-corrected chi connectivity index (χ0v) is 14.2. The molecule has 1 aromatic heterocycles. The summed E-state index contributed by atoms with van der Waals surface area (Å²) in [5.41, 5.74) is 3.00. The first-order chi connectivity index (χ1) is 12.6. The summed E-state index contributed by atoms with van der Waals surface area (Å²) in [5.74, 6) is -0.174. The Labute approximate surface area is 151 Å². The Morgan fingerprint density at radius 1 is 0.808 bits per heavy atom. The van der Waals surface area contributed by atoms with Crippen molar-refractivity contribution in [1.82, 2.24) is 4.98 Å². The molecule has 0 aliphatic heterocycles. The lowest BCUT2D eigenvalue weighted by molar-refractivity contribution is -0.114. The van der Waals surface area contributed by atoms with Gasteiger partial charge in [0.1, 0.15) is 5.82 Å². The average molecular weight is 346 g/mol. The zero-order valence-electron chi connectivity index (χ0n) is 14.2. The van der Waals surface area contributed by atoms with E-state index < -0.39 is 0 Å². The van der Waals surface area contributed by atoms with Crippen molar-refractivity contribution < 1.29 is 9.59 Å². The van der Waals surface area contributed by atoms with Crippen LogP contribution in [0.25, 0.3) is 0 Å². The molecule has 6 heteroatoms. The molecule has 0 unspecified atom stereocenters. The van der Waals surface area contributed by atoms with Gasteiger partial charge in [-0.05, 0) is 48.5 Å². The van der Waals surface area contributed by atoms with E-state index in [1.807, 2.05) is 54.6 Å². The van der Waals surface area contributed by atoms with Crippen molar-refractivity contribution in [2.75, 3.05) is 16.0 Å². The number of nitrogens with one attached hydrogen (secondary N) is 3. The van der Waals surface area contributed by atoms with Crippen molar-refractivity contribution >= 4 is 34.7 Å². The third-order valence-electron chi connectivity index (χ3n) is 3.53. The second-order valence-electron chi connectivity index (χ2n) is 5.63. The summed E-state index contributed by atoms with van der Waals surface area (Å²) >= 11 is 0. The Morgan fingerprint density at radius 2 is 1.46 bits per heavy atom. The molecule has 3 rings (SSSR count). The lowest BCUT2D eigenvalue weighted by Gasteiger charge is -2.09. The fourth-order valence-electron chi connectivity index (χ4n) is 2.35. The maximum Gasteiger partial charge on any atom is 0.255 e. The first-order valence-corrected chi connectivity index (χ1v) is 8.07. The van der Waals surface area contributed by atoms with Gasteiger partial charge in [0.15, 0.2) is 0 Å². The van der Waals surface area contributed by atoms with E-state index in [4.69, 9.17) is 0 Å². The summed E-state index contributed by atoms with van der Waals surface area (Å²) in [7, 11) is 0. The number of aromatic nitrogens is 1. The molecule has 2 amide bonds. The Morgan fingerprint density at radius 3 is 2.15 bits per heavy atom. The highest BCUT2D eigenvalue weighted by molar-refractivity contribution is 6.05. The molecule has 0 spiro atoms. The highest BCUT2D eigenvalue weighted by Crippen LogP contribution is 2.19. The molecule has 3 N–H and O–H groups in total. The number of rotatable bonds is 5. The Kier molecular flexibility index (Phi) is 5.24. The molecule has 6 nitrogen and oxygen atoms in total. The van der Waals surface area contributed by atoms with E-state index in [1.54, 1.807) is 6.07 Å². The zero-order chi connectivity index (χ0) is 18.4. The van der Waals surface area contributed by atoms with Crippen LogP contribution in [0.2, 0.25) is 0 Å². The van der Waals surface area contributed by atoms with Crippen LogP contribution >= 0.6 is 0 Å². The van der Waals surface area contributed by atoms with Crippen molar-refractivity contribution in [3.05, 3.63) is 78.5 Å². The van der Waals surface area contributed by atoms with Gasteiger partial charge in [-0.15, -0.1) is 0 Å². The molecule has 0 atom stereocenters. The minimum absolute atomic E-state index is 0.239. The molecule has 0 radical (unpaired) electrons. The number of para-hydroxylation sites is 1. The van der Waals surface area contributed by atoms with Gasteiger partial charge < -0.3 is 16.0 Å². The predicted octanol–water partition coefficient (Wildman–Crippen LogP) is 4.04. The van der Waals surface area contributed by atoms with Crippen molar-refractivity contribution in [3.8, 4) is 0 Å². The van der Waals surface area contributed by atoms with Crippen LogP contribution in [0.4, 0.5) is 22.9 Å². The SMILES string of the molecule is CC(=O)Nc1cc(C(=O)Nc2ccc(Nc3ccccc3)cc2)ccn1. The Hall–Kier alpha value is -3.67. The molecule has 26 heavy (non-hydrogen) atoms. The molecule has 2 aromatic carbocycles. The fourth-order valence-corrected chi connectivity index (χ4v) is 2.35. The molecule has 0 bridgehead atoms. The minimum atomic E-state index is -0.275. The summed E-state index contributed by atoms with van der Waals surface area (Å²) in [6.07, 6.45) is 1.48. The van der Waals surface area contributed by atoms with E-state index in [0.717, 1.165) is 11.4 Å². The maximum absolute atomic E-state index is 12.4. The average Bonchev–Trinajstić information content (AvgIpc) is 2.64. The van der Waals surface area contributed by atoms with Crippen molar-refractivity contribution in [1.29, 1.82) is 0 Å². The number of hydrogen-bond acceptors (Lipinski definition) is 4. The fraction of sp³-hybridized carbons (Fsp3) is 0.0500. The summed E-state index contributed by atoms with van der Waals surface area (Å²) in [6, 6.07) is 20.4. The van der Waals surface area contributed by atoms with Gasteiger partial charge in [0.2, 0.25) is 5.91 Å². The van der Waals surface area contributed by atoms with Gasteiger partial charge in [0.05, 0.1) is 0 Å². The van der Waals surface area contributed by atoms with Gasteiger partial charge in [0.25, 0.3) is 5.91 Å². The summed E-state index contributed by atoms with van der Waals surface area (Å²) < 4.78 is 0. The molecule has 0 fully saturated rings. The van der Waals surface area contributed by atoms with Gasteiger partial charge in [-0.1, -0.05) is 18.2 Å². The van der Waals surface area contributed by atoms with Crippen LogP contribution in [0.1, 0.15) is 17.3 Å². The number of nitrogens with zero attached hydrogens (tertiary/aromatic N) is 1. The standard InChI is InChI=1S/C20H18N4O2/c1-14(25)22-19-13-15(11-12-21-19)20(26)24-18-9-7-17(8-10-18)23-16-5-3-2-4-6-16/h2-13,23H,1H3,(H,24,26)(H,21,22,25). The number of pyridine rings is 1. The monoisotopic (exact) mass is 346 g/mol. The second-order valence-corrected chi connectivity index (χ2v) is 5.63. The van der Waals surface area contributed by atoms with Crippen molar-refractivity contribution in [2.24, 2.45) is 0 Å². The highest BCUT2D eigenvalue weighted by Gasteiger charge is 2.08. The van der Waals surface area contributed by atoms with Crippen LogP contribution < -0.4 is 16.0 Å². The largest absolute Gasteiger partial charge is 0.356 e. The van der Waals surface area contributed by atoms with E-state index in [1.165, 1.54) is 19.2 Å². The lowest BCUT2D eigenvalue weighted by atomic mass is 10.2. The van der Waals surface area contributed by atoms with Gasteiger partial charge in [0, 0.05) is 35.7 Å². The van der Waals surface area contributed by atoms with Gasteiger partial charge in [-0.25, -0.2) is 4.98 Å². The van der Waals surface area contributed by atoms with Crippen LogP contribution in [-0.4, -0.2) is 16.8 Å². The van der Waals surface area contributed by atoms with E-state index in [9.17, 15) is 9.59 Å². The first-order valence-electron chi connectivity index (χ1n) is 8.07. The predicted molar refractivity (Wildman–Crippen MR) is 103 cm³/mol. The summed E-state index contributed by atoms with van der Waals surface area (Å²) in [4.78, 5) is 27.5. The molecular weight excluding hydrogens is 328 g/mol. The van der Waals surface area contributed by atoms with Crippen LogP contribution in [0, 0.1) is 0 Å². The first kappa shape index (κ1) is 17.2. The number of benzene rings is 2. The molecular formula is C20H18N4O2. The van der Waals surface area contributed by atoms with E-state index in [2.05, 4.69) is 20.9 Å². The third-order valence-corrected chi connectivity index (χ3v) is 3.53. The quantitative estimate of drug-likeness (QED) is 0.651. The maximum atomic E-state index is 12.4. The van der Waals surface area contributed by atoms with Gasteiger partial charge >= 0.3 is 0 Å². The van der Waals surface area contributed by atoms with Crippen molar-refractivity contribution in [2.45, 2.75) is 6.92 Å². The second kappa shape index (κ2) is 7.94. The number of carbonyl (C=O) groups excluding carboxylic acids is 2. The highest BCUT2D eigenvalue weighted by atomic mass is 16.2. The van der Waals surface area contributed by atoms with Crippen LogP contribution in [0.15, 0.2) is 72.9 Å². The molecule has 1 heterocycles. The Bertz CT molecular complexity index is 909. The Balaban J connectivity index is 1.65. The molecule has 3 aromatic rings. The molecule has 130 valence electrons. The molecule has 0 saturated heterocycles. The number of hydrogen-bond donors (Lipinski definition) is 3. The van der Waals surface area contributed by atoms with Crippen LogP contribution in [0.5, 0.6) is 0 Å². The van der Waals surface area contributed by atoms with E-state index >= 15 is 0 Å². The van der Waals surface area contributed by atoms with Crippen LogP contribution in [-0.2, 0) is 4.79 Å².